The summed E-state index contributed by atoms with van der Waals surface area (Å²) in [5.74, 6) is 0.542. The van der Waals surface area contributed by atoms with Crippen molar-refractivity contribution < 1.29 is 9.18 Å². The van der Waals surface area contributed by atoms with Gasteiger partial charge in [0, 0.05) is 49.5 Å². The molecule has 4 nitrogen and oxygen atoms in total. The molecule has 1 amide bonds. The Balaban J connectivity index is 1.39. The van der Waals surface area contributed by atoms with E-state index in [0.717, 1.165) is 24.7 Å². The van der Waals surface area contributed by atoms with Gasteiger partial charge in [0.25, 0.3) is 0 Å². The predicted molar refractivity (Wildman–Crippen MR) is 108 cm³/mol. The summed E-state index contributed by atoms with van der Waals surface area (Å²) in [4.78, 5) is 14.5. The van der Waals surface area contributed by atoms with Crippen LogP contribution < -0.4 is 15.5 Å². The highest BCUT2D eigenvalue weighted by Gasteiger charge is 2.15. The van der Waals surface area contributed by atoms with Crippen LogP contribution in [0.1, 0.15) is 31.7 Å². The van der Waals surface area contributed by atoms with Crippen LogP contribution in [0, 0.1) is 11.7 Å². The Bertz CT molecular complexity index is 739. The average Bonchev–Trinajstić information content (AvgIpc) is 2.68. The van der Waals surface area contributed by atoms with Crippen LogP contribution in [0.25, 0.3) is 0 Å². The smallest absolute Gasteiger partial charge is 0.225 e. The van der Waals surface area contributed by atoms with Gasteiger partial charge in [-0.25, -0.2) is 4.39 Å². The summed E-state index contributed by atoms with van der Waals surface area (Å²) in [6.07, 6.45) is 2.82. The molecule has 3 rings (SSSR count). The van der Waals surface area contributed by atoms with Gasteiger partial charge < -0.3 is 15.5 Å². The van der Waals surface area contributed by atoms with E-state index in [1.807, 2.05) is 12.1 Å². The number of halogens is 1. The monoisotopic (exact) mass is 369 g/mol. The standard InChI is InChI=1S/C22H28FN3O/c1-17-11-14-26(15-12-17)20-8-6-19(7-9-20)25-22(27)10-13-24-16-18-4-2-3-5-21(18)23/h2-9,17,24H,10-16H2,1H3,(H,25,27). The van der Waals surface area contributed by atoms with Crippen molar-refractivity contribution >= 4 is 17.3 Å². The fourth-order valence-corrected chi connectivity index (χ4v) is 3.31. The largest absolute Gasteiger partial charge is 0.372 e. The molecule has 1 aliphatic rings. The Morgan fingerprint density at radius 3 is 2.52 bits per heavy atom. The molecular formula is C22H28FN3O. The lowest BCUT2D eigenvalue weighted by Gasteiger charge is -2.32. The maximum atomic E-state index is 13.5. The van der Waals surface area contributed by atoms with Crippen molar-refractivity contribution in [3.63, 3.8) is 0 Å². The van der Waals surface area contributed by atoms with Gasteiger partial charge in [0.05, 0.1) is 0 Å². The maximum Gasteiger partial charge on any atom is 0.225 e. The Labute approximate surface area is 160 Å². The highest BCUT2D eigenvalue weighted by molar-refractivity contribution is 5.91. The number of nitrogens with zero attached hydrogens (tertiary/aromatic N) is 1. The molecule has 1 aliphatic heterocycles. The first-order chi connectivity index (χ1) is 13.1. The Hall–Kier alpha value is -2.40. The lowest BCUT2D eigenvalue weighted by molar-refractivity contribution is -0.116. The summed E-state index contributed by atoms with van der Waals surface area (Å²) in [6, 6.07) is 14.7. The molecule has 5 heteroatoms. The third kappa shape index (κ3) is 5.79. The van der Waals surface area contributed by atoms with Gasteiger partial charge in [-0.15, -0.1) is 0 Å². The van der Waals surface area contributed by atoms with Crippen LogP contribution in [0.15, 0.2) is 48.5 Å². The number of anilines is 2. The zero-order valence-electron chi connectivity index (χ0n) is 15.9. The molecule has 1 heterocycles. The van der Waals surface area contributed by atoms with Crippen molar-refractivity contribution in [1.29, 1.82) is 0 Å². The summed E-state index contributed by atoms with van der Waals surface area (Å²) in [6.45, 7) is 5.43. The van der Waals surface area contributed by atoms with E-state index in [0.29, 0.717) is 25.1 Å². The second kappa shape index (κ2) is 9.51. The van der Waals surface area contributed by atoms with Crippen LogP contribution in [0.5, 0.6) is 0 Å². The summed E-state index contributed by atoms with van der Waals surface area (Å²) < 4.78 is 13.5. The first-order valence-corrected chi connectivity index (χ1v) is 9.71. The molecule has 1 saturated heterocycles. The first kappa shape index (κ1) is 19.4. The van der Waals surface area contributed by atoms with Crippen LogP contribution in [0.3, 0.4) is 0 Å². The molecule has 2 aromatic rings. The SMILES string of the molecule is CC1CCN(c2ccc(NC(=O)CCNCc3ccccc3F)cc2)CC1. The fourth-order valence-electron chi connectivity index (χ4n) is 3.31. The number of hydrogen-bond donors (Lipinski definition) is 2. The molecule has 0 saturated carbocycles. The van der Waals surface area contributed by atoms with E-state index >= 15 is 0 Å². The van der Waals surface area contributed by atoms with Crippen LogP contribution >= 0.6 is 0 Å². The van der Waals surface area contributed by atoms with Crippen molar-refractivity contribution in [2.45, 2.75) is 32.7 Å². The van der Waals surface area contributed by atoms with Gasteiger partial charge >= 0.3 is 0 Å². The molecule has 0 bridgehead atoms. The number of amides is 1. The number of carbonyl (C=O) groups is 1. The number of hydrogen-bond acceptors (Lipinski definition) is 3. The molecule has 0 unspecified atom stereocenters. The number of carbonyl (C=O) groups excluding carboxylic acids is 1. The highest BCUT2D eigenvalue weighted by Crippen LogP contribution is 2.24. The van der Waals surface area contributed by atoms with E-state index in [-0.39, 0.29) is 11.7 Å². The van der Waals surface area contributed by atoms with Crippen molar-refractivity contribution in [2.75, 3.05) is 29.9 Å². The fraction of sp³-hybridized carbons (Fsp3) is 0.409. The minimum absolute atomic E-state index is 0.0458. The topological polar surface area (TPSA) is 44.4 Å². The molecule has 0 aliphatic carbocycles. The van der Waals surface area contributed by atoms with Gasteiger partial charge in [0.1, 0.15) is 5.82 Å². The highest BCUT2D eigenvalue weighted by atomic mass is 19.1. The zero-order chi connectivity index (χ0) is 19.1. The Morgan fingerprint density at radius 1 is 1.11 bits per heavy atom. The molecule has 27 heavy (non-hydrogen) atoms. The van der Waals surface area contributed by atoms with E-state index in [1.165, 1.54) is 24.6 Å². The molecule has 2 aromatic carbocycles. The van der Waals surface area contributed by atoms with Crippen molar-refractivity contribution in [2.24, 2.45) is 5.92 Å². The third-order valence-corrected chi connectivity index (χ3v) is 5.10. The average molecular weight is 369 g/mol. The first-order valence-electron chi connectivity index (χ1n) is 9.71. The molecule has 0 spiro atoms. The summed E-state index contributed by atoms with van der Waals surface area (Å²) in [5.41, 5.74) is 2.63. The number of benzene rings is 2. The predicted octanol–water partition coefficient (Wildman–Crippen LogP) is 4.18. The number of piperidine rings is 1. The lowest BCUT2D eigenvalue weighted by atomic mass is 9.99. The second-order valence-electron chi connectivity index (χ2n) is 7.28. The van der Waals surface area contributed by atoms with Gasteiger partial charge in [-0.05, 0) is 49.1 Å². The van der Waals surface area contributed by atoms with Crippen LogP contribution in [0.2, 0.25) is 0 Å². The Kier molecular flexibility index (Phi) is 6.82. The summed E-state index contributed by atoms with van der Waals surface area (Å²) in [5, 5.41) is 6.02. The molecule has 144 valence electrons. The minimum Gasteiger partial charge on any atom is -0.372 e. The van der Waals surface area contributed by atoms with Gasteiger partial charge in [-0.2, -0.15) is 0 Å². The van der Waals surface area contributed by atoms with E-state index in [9.17, 15) is 9.18 Å². The van der Waals surface area contributed by atoms with Crippen LogP contribution in [0.4, 0.5) is 15.8 Å². The molecular weight excluding hydrogens is 341 g/mol. The van der Waals surface area contributed by atoms with Crippen molar-refractivity contribution in [3.05, 3.63) is 59.9 Å². The van der Waals surface area contributed by atoms with Crippen molar-refractivity contribution in [1.82, 2.24) is 5.32 Å². The zero-order valence-corrected chi connectivity index (χ0v) is 15.9. The second-order valence-corrected chi connectivity index (χ2v) is 7.28. The molecule has 0 radical (unpaired) electrons. The van der Waals surface area contributed by atoms with E-state index < -0.39 is 0 Å². The maximum absolute atomic E-state index is 13.5. The van der Waals surface area contributed by atoms with Crippen LogP contribution in [-0.4, -0.2) is 25.5 Å². The van der Waals surface area contributed by atoms with Gasteiger partial charge in [-0.3, -0.25) is 4.79 Å². The van der Waals surface area contributed by atoms with Crippen molar-refractivity contribution in [3.8, 4) is 0 Å². The Morgan fingerprint density at radius 2 is 1.81 bits per heavy atom. The van der Waals surface area contributed by atoms with E-state index in [1.54, 1.807) is 18.2 Å². The summed E-state index contributed by atoms with van der Waals surface area (Å²) >= 11 is 0. The molecule has 1 fully saturated rings. The van der Waals surface area contributed by atoms with Crippen LogP contribution in [-0.2, 0) is 11.3 Å². The van der Waals surface area contributed by atoms with Gasteiger partial charge in [-0.1, -0.05) is 25.1 Å². The minimum atomic E-state index is -0.224. The molecule has 0 atom stereocenters. The van der Waals surface area contributed by atoms with Gasteiger partial charge in [0.15, 0.2) is 0 Å². The third-order valence-electron chi connectivity index (χ3n) is 5.10. The number of rotatable bonds is 7. The molecule has 2 N–H and O–H groups in total. The lowest BCUT2D eigenvalue weighted by Crippen LogP contribution is -2.32. The molecule has 0 aromatic heterocycles. The summed E-state index contributed by atoms with van der Waals surface area (Å²) in [7, 11) is 0. The van der Waals surface area contributed by atoms with Gasteiger partial charge in [0.2, 0.25) is 5.91 Å². The quantitative estimate of drug-likeness (QED) is 0.720. The number of nitrogens with one attached hydrogen (secondary N) is 2. The van der Waals surface area contributed by atoms with E-state index in [2.05, 4.69) is 34.6 Å². The normalized spacial score (nSPS) is 15.0. The van der Waals surface area contributed by atoms with E-state index in [4.69, 9.17) is 0 Å².